The molecular weight excluding hydrogens is 408 g/mol. The molecule has 1 fully saturated rings. The Bertz CT molecular complexity index is 967. The van der Waals surface area contributed by atoms with Crippen molar-refractivity contribution in [2.24, 2.45) is 0 Å². The highest BCUT2D eigenvalue weighted by Crippen LogP contribution is 2.24. The largest absolute Gasteiger partial charge is 0.336 e. The van der Waals surface area contributed by atoms with Gasteiger partial charge in [0.15, 0.2) is 0 Å². The van der Waals surface area contributed by atoms with Crippen molar-refractivity contribution >= 4 is 34.8 Å². The van der Waals surface area contributed by atoms with Crippen LogP contribution in [0.1, 0.15) is 21.5 Å². The summed E-state index contributed by atoms with van der Waals surface area (Å²) in [7, 11) is 0. The average molecular weight is 431 g/mol. The number of piperazine rings is 1. The molecule has 0 aromatic heterocycles. The van der Waals surface area contributed by atoms with E-state index >= 15 is 0 Å². The number of hydrogen-bond acceptors (Lipinski definition) is 5. The van der Waals surface area contributed by atoms with Crippen LogP contribution >= 0.6 is 11.6 Å². The number of nitro groups is 1. The minimum atomic E-state index is -0.553. The van der Waals surface area contributed by atoms with Crippen molar-refractivity contribution < 1.29 is 14.5 Å². The van der Waals surface area contributed by atoms with E-state index < -0.39 is 4.92 Å². The summed E-state index contributed by atoms with van der Waals surface area (Å²) in [5, 5.41) is 13.9. The van der Waals surface area contributed by atoms with Crippen LogP contribution in [0.3, 0.4) is 0 Å². The quantitative estimate of drug-likeness (QED) is 0.580. The Balaban J connectivity index is 1.55. The van der Waals surface area contributed by atoms with Gasteiger partial charge >= 0.3 is 0 Å². The predicted octanol–water partition coefficient (Wildman–Crippen LogP) is 3.26. The summed E-state index contributed by atoms with van der Waals surface area (Å²) in [6.07, 6.45) is 0. The highest BCUT2D eigenvalue weighted by Gasteiger charge is 2.25. The number of benzene rings is 2. The van der Waals surface area contributed by atoms with E-state index in [9.17, 15) is 19.7 Å². The van der Waals surface area contributed by atoms with Gasteiger partial charge in [0.25, 0.3) is 11.6 Å². The first-order valence-electron chi connectivity index (χ1n) is 9.58. The van der Waals surface area contributed by atoms with Gasteiger partial charge in [-0.1, -0.05) is 29.8 Å². The van der Waals surface area contributed by atoms with Crippen LogP contribution < -0.4 is 5.32 Å². The second-order valence-electron chi connectivity index (χ2n) is 7.30. The SMILES string of the molecule is Cc1cccc(C)c1NC(=O)CN1CCN(C(=O)c2ccc([N+](=O)[O-])cc2Cl)CC1. The van der Waals surface area contributed by atoms with E-state index in [0.717, 1.165) is 16.8 Å². The molecule has 0 unspecified atom stereocenters. The number of carbonyl (C=O) groups excluding carboxylic acids is 2. The number of hydrogen-bond donors (Lipinski definition) is 1. The molecule has 30 heavy (non-hydrogen) atoms. The van der Waals surface area contributed by atoms with E-state index in [0.29, 0.717) is 26.2 Å². The van der Waals surface area contributed by atoms with Crippen molar-refractivity contribution in [1.29, 1.82) is 0 Å². The topological polar surface area (TPSA) is 95.8 Å². The molecule has 1 aliphatic heterocycles. The average Bonchev–Trinajstić information content (AvgIpc) is 2.71. The van der Waals surface area contributed by atoms with Crippen molar-refractivity contribution in [3.63, 3.8) is 0 Å². The molecule has 1 heterocycles. The minimum Gasteiger partial charge on any atom is -0.336 e. The number of carbonyl (C=O) groups is 2. The molecule has 2 aromatic rings. The molecule has 1 aliphatic rings. The lowest BCUT2D eigenvalue weighted by Crippen LogP contribution is -2.50. The standard InChI is InChI=1S/C21H23ClN4O4/c1-14-4-3-5-15(2)20(14)23-19(27)13-24-8-10-25(11-9-24)21(28)17-7-6-16(26(29)30)12-18(17)22/h3-7,12H,8-11,13H2,1-2H3,(H,23,27). The molecule has 1 N–H and O–H groups in total. The third-order valence-electron chi connectivity index (χ3n) is 5.17. The number of nitrogens with zero attached hydrogens (tertiary/aromatic N) is 3. The van der Waals surface area contributed by atoms with Gasteiger partial charge in [-0.2, -0.15) is 0 Å². The number of aryl methyl sites for hydroxylation is 2. The summed E-state index contributed by atoms with van der Waals surface area (Å²) in [6, 6.07) is 9.70. The van der Waals surface area contributed by atoms with Gasteiger partial charge < -0.3 is 10.2 Å². The zero-order valence-electron chi connectivity index (χ0n) is 16.9. The third kappa shape index (κ3) is 4.95. The van der Waals surface area contributed by atoms with Crippen molar-refractivity contribution in [2.45, 2.75) is 13.8 Å². The summed E-state index contributed by atoms with van der Waals surface area (Å²) in [5.74, 6) is -0.361. The Morgan fingerprint density at radius 1 is 1.10 bits per heavy atom. The lowest BCUT2D eigenvalue weighted by atomic mass is 10.1. The number of amides is 2. The summed E-state index contributed by atoms with van der Waals surface area (Å²) in [6.45, 7) is 6.15. The smallest absolute Gasteiger partial charge is 0.270 e. The molecule has 3 rings (SSSR count). The summed E-state index contributed by atoms with van der Waals surface area (Å²) >= 11 is 6.07. The lowest BCUT2D eigenvalue weighted by Gasteiger charge is -2.34. The van der Waals surface area contributed by atoms with E-state index in [4.69, 9.17) is 11.6 Å². The molecule has 2 amide bonds. The van der Waals surface area contributed by atoms with Gasteiger partial charge in [-0.15, -0.1) is 0 Å². The number of rotatable bonds is 5. The number of halogens is 1. The first kappa shape index (κ1) is 21.7. The van der Waals surface area contributed by atoms with E-state index in [-0.39, 0.29) is 34.6 Å². The minimum absolute atomic E-state index is 0.0598. The van der Waals surface area contributed by atoms with Gasteiger partial charge in [0.2, 0.25) is 5.91 Å². The summed E-state index contributed by atoms with van der Waals surface area (Å²) in [4.78, 5) is 39.1. The van der Waals surface area contributed by atoms with Gasteiger partial charge in [0.1, 0.15) is 0 Å². The fraction of sp³-hybridized carbons (Fsp3) is 0.333. The maximum Gasteiger partial charge on any atom is 0.270 e. The Hall–Kier alpha value is -2.97. The molecule has 0 spiro atoms. The number of anilines is 1. The maximum absolute atomic E-state index is 12.7. The van der Waals surface area contributed by atoms with Crippen LogP contribution in [-0.4, -0.2) is 59.3 Å². The van der Waals surface area contributed by atoms with Crippen molar-refractivity contribution in [3.05, 3.63) is 68.2 Å². The fourth-order valence-corrected chi connectivity index (χ4v) is 3.72. The number of nitrogens with one attached hydrogen (secondary N) is 1. The molecule has 9 heteroatoms. The molecule has 1 saturated heterocycles. The van der Waals surface area contributed by atoms with Gasteiger partial charge in [-0.25, -0.2) is 0 Å². The zero-order valence-corrected chi connectivity index (χ0v) is 17.6. The third-order valence-corrected chi connectivity index (χ3v) is 5.48. The molecule has 0 atom stereocenters. The first-order valence-corrected chi connectivity index (χ1v) is 9.95. The molecule has 8 nitrogen and oxygen atoms in total. The van der Waals surface area contributed by atoms with Gasteiger partial charge in [-0.3, -0.25) is 24.6 Å². The molecule has 2 aromatic carbocycles. The van der Waals surface area contributed by atoms with Crippen LogP contribution in [0.5, 0.6) is 0 Å². The van der Waals surface area contributed by atoms with Crippen molar-refractivity contribution in [2.75, 3.05) is 38.0 Å². The summed E-state index contributed by atoms with van der Waals surface area (Å²) in [5.41, 5.74) is 2.95. The second kappa shape index (κ2) is 9.23. The van der Waals surface area contributed by atoms with E-state index in [1.54, 1.807) is 4.90 Å². The van der Waals surface area contributed by atoms with Crippen LogP contribution in [0.2, 0.25) is 5.02 Å². The van der Waals surface area contributed by atoms with Gasteiger partial charge in [-0.05, 0) is 31.0 Å². The number of nitro benzene ring substituents is 1. The summed E-state index contributed by atoms with van der Waals surface area (Å²) < 4.78 is 0. The van der Waals surface area contributed by atoms with Crippen LogP contribution in [0, 0.1) is 24.0 Å². The lowest BCUT2D eigenvalue weighted by molar-refractivity contribution is -0.384. The van der Waals surface area contributed by atoms with Gasteiger partial charge in [0.05, 0.1) is 22.1 Å². The van der Waals surface area contributed by atoms with Crippen LogP contribution in [0.4, 0.5) is 11.4 Å². The Morgan fingerprint density at radius 3 is 2.30 bits per heavy atom. The molecule has 0 saturated carbocycles. The Labute approximate surface area is 179 Å². The van der Waals surface area contributed by atoms with E-state index in [1.807, 2.05) is 36.9 Å². The van der Waals surface area contributed by atoms with E-state index in [2.05, 4.69) is 5.32 Å². The number of non-ortho nitro benzene ring substituents is 1. The molecule has 0 aliphatic carbocycles. The second-order valence-corrected chi connectivity index (χ2v) is 7.71. The first-order chi connectivity index (χ1) is 14.3. The highest BCUT2D eigenvalue weighted by molar-refractivity contribution is 6.34. The normalized spacial score (nSPS) is 14.4. The van der Waals surface area contributed by atoms with Crippen molar-refractivity contribution in [1.82, 2.24) is 9.80 Å². The van der Waals surface area contributed by atoms with E-state index in [1.165, 1.54) is 18.2 Å². The fourth-order valence-electron chi connectivity index (χ4n) is 3.46. The zero-order chi connectivity index (χ0) is 21.8. The molecular formula is C21H23ClN4O4. The molecule has 0 bridgehead atoms. The van der Waals surface area contributed by atoms with Gasteiger partial charge in [0, 0.05) is 44.0 Å². The molecule has 0 radical (unpaired) electrons. The molecule has 158 valence electrons. The maximum atomic E-state index is 12.7. The van der Waals surface area contributed by atoms with Crippen LogP contribution in [0.15, 0.2) is 36.4 Å². The Kier molecular flexibility index (Phi) is 6.69. The van der Waals surface area contributed by atoms with Crippen LogP contribution in [-0.2, 0) is 4.79 Å². The predicted molar refractivity (Wildman–Crippen MR) is 115 cm³/mol. The van der Waals surface area contributed by atoms with Crippen molar-refractivity contribution in [3.8, 4) is 0 Å². The monoisotopic (exact) mass is 430 g/mol. The van der Waals surface area contributed by atoms with Crippen LogP contribution in [0.25, 0.3) is 0 Å². The highest BCUT2D eigenvalue weighted by atomic mass is 35.5. The Morgan fingerprint density at radius 2 is 1.73 bits per heavy atom. The number of para-hydroxylation sites is 1.